The molecule has 1 unspecified atom stereocenters. The van der Waals surface area contributed by atoms with Gasteiger partial charge in [-0.3, -0.25) is 0 Å². The molecule has 0 N–H and O–H groups in total. The summed E-state index contributed by atoms with van der Waals surface area (Å²) in [4.78, 5) is 0. The monoisotopic (exact) mass is 157 g/mol. The molecule has 10 heavy (non-hydrogen) atoms. The zero-order chi connectivity index (χ0) is 8.36. The van der Waals surface area contributed by atoms with E-state index in [0.717, 1.165) is 0 Å². The molecule has 0 rings (SSSR count). The molecule has 0 aliphatic carbocycles. The third-order valence-corrected chi connectivity index (χ3v) is 5.00. The lowest BCUT2D eigenvalue weighted by Crippen LogP contribution is -2.38. The fraction of sp³-hybridized carbons (Fsp3) is 0.750. The van der Waals surface area contributed by atoms with Crippen LogP contribution in [0.4, 0.5) is 0 Å². The Labute approximate surface area is 66.4 Å². The molecule has 0 aromatic heterocycles. The largest absolute Gasteiger partial charge is 0.328 e. The van der Waals surface area contributed by atoms with E-state index in [0.29, 0.717) is 5.04 Å². The van der Waals surface area contributed by atoms with E-state index < -0.39 is 8.96 Å². The standard InChI is InChI=1S/C8H19NSi/c1-7-10(9(5)6)8(2,3)4/h7,10H,1H2,2-6H3. The third-order valence-electron chi connectivity index (χ3n) is 1.67. The van der Waals surface area contributed by atoms with Gasteiger partial charge in [0.25, 0.3) is 0 Å². The molecule has 0 fully saturated rings. The Kier molecular flexibility index (Phi) is 3.32. The van der Waals surface area contributed by atoms with Crippen LogP contribution in [-0.2, 0) is 0 Å². The van der Waals surface area contributed by atoms with Crippen molar-refractivity contribution in [3.05, 3.63) is 12.3 Å². The lowest BCUT2D eigenvalue weighted by molar-refractivity contribution is 0.584. The van der Waals surface area contributed by atoms with Crippen LogP contribution in [0.15, 0.2) is 12.3 Å². The number of nitrogens with zero attached hydrogens (tertiary/aromatic N) is 1. The van der Waals surface area contributed by atoms with E-state index in [1.54, 1.807) is 0 Å². The maximum absolute atomic E-state index is 3.87. The molecule has 0 radical (unpaired) electrons. The molecule has 0 heterocycles. The molecule has 1 atom stereocenters. The molecule has 0 spiro atoms. The molecular formula is C8H19NSi. The first-order valence-electron chi connectivity index (χ1n) is 3.68. The van der Waals surface area contributed by atoms with Crippen LogP contribution in [0.2, 0.25) is 5.04 Å². The molecular weight excluding hydrogens is 138 g/mol. The third kappa shape index (κ3) is 2.67. The lowest BCUT2D eigenvalue weighted by Gasteiger charge is -2.31. The summed E-state index contributed by atoms with van der Waals surface area (Å²) in [5.41, 5.74) is 2.14. The average molecular weight is 157 g/mol. The van der Waals surface area contributed by atoms with Crippen LogP contribution in [0.25, 0.3) is 0 Å². The summed E-state index contributed by atoms with van der Waals surface area (Å²) in [7, 11) is 3.41. The molecule has 0 aliphatic heterocycles. The van der Waals surface area contributed by atoms with Gasteiger partial charge in [-0.25, -0.2) is 0 Å². The normalized spacial score (nSPS) is 15.4. The SMILES string of the molecule is C=C[SiH](N(C)C)C(C)(C)C. The van der Waals surface area contributed by atoms with Crippen LogP contribution in [0.5, 0.6) is 0 Å². The van der Waals surface area contributed by atoms with Crippen molar-refractivity contribution in [3.63, 3.8) is 0 Å². The van der Waals surface area contributed by atoms with Gasteiger partial charge in [-0.2, -0.15) is 0 Å². The molecule has 0 aromatic rings. The van der Waals surface area contributed by atoms with Gasteiger partial charge in [0.2, 0.25) is 0 Å². The van der Waals surface area contributed by atoms with Crippen molar-refractivity contribution in [2.75, 3.05) is 14.1 Å². The Bertz CT molecular complexity index is 113. The Morgan fingerprint density at radius 3 is 1.70 bits per heavy atom. The Hall–Kier alpha value is -0.0831. The van der Waals surface area contributed by atoms with Crippen LogP contribution in [0.1, 0.15) is 20.8 Å². The van der Waals surface area contributed by atoms with Crippen molar-refractivity contribution >= 4 is 8.96 Å². The summed E-state index contributed by atoms with van der Waals surface area (Å²) in [6, 6.07) is 0. The van der Waals surface area contributed by atoms with Gasteiger partial charge in [-0.1, -0.05) is 26.5 Å². The van der Waals surface area contributed by atoms with Gasteiger partial charge in [0.1, 0.15) is 8.96 Å². The molecule has 0 aliphatic rings. The van der Waals surface area contributed by atoms with E-state index in [4.69, 9.17) is 0 Å². The fourth-order valence-corrected chi connectivity index (χ4v) is 4.02. The predicted octanol–water partition coefficient (Wildman–Crippen LogP) is 1.80. The minimum absolute atomic E-state index is 0.436. The highest BCUT2D eigenvalue weighted by molar-refractivity contribution is 6.64. The van der Waals surface area contributed by atoms with Crippen LogP contribution in [-0.4, -0.2) is 27.6 Å². The highest BCUT2D eigenvalue weighted by atomic mass is 28.3. The second-order valence-electron chi connectivity index (χ2n) is 4.01. The maximum Gasteiger partial charge on any atom is 0.140 e. The average Bonchev–Trinajstić information content (AvgIpc) is 1.60. The topological polar surface area (TPSA) is 3.24 Å². The zero-order valence-corrected chi connectivity index (χ0v) is 8.96. The van der Waals surface area contributed by atoms with Crippen LogP contribution >= 0.6 is 0 Å². The smallest absolute Gasteiger partial charge is 0.140 e. The molecule has 0 aromatic carbocycles. The predicted molar refractivity (Wildman–Crippen MR) is 50.7 cm³/mol. The first kappa shape index (κ1) is 9.92. The Balaban J connectivity index is 4.21. The summed E-state index contributed by atoms with van der Waals surface area (Å²) in [5.74, 6) is 0. The minimum atomic E-state index is -0.877. The molecule has 0 saturated carbocycles. The summed E-state index contributed by atoms with van der Waals surface area (Å²) < 4.78 is 2.33. The quantitative estimate of drug-likeness (QED) is 0.553. The van der Waals surface area contributed by atoms with Crippen molar-refractivity contribution in [3.8, 4) is 0 Å². The first-order valence-corrected chi connectivity index (χ1v) is 5.44. The minimum Gasteiger partial charge on any atom is -0.328 e. The molecule has 0 bridgehead atoms. The molecule has 0 saturated heterocycles. The fourth-order valence-electron chi connectivity index (χ4n) is 1.34. The van der Waals surface area contributed by atoms with Gasteiger partial charge in [0, 0.05) is 0 Å². The van der Waals surface area contributed by atoms with Crippen LogP contribution in [0.3, 0.4) is 0 Å². The highest BCUT2D eigenvalue weighted by Crippen LogP contribution is 2.27. The maximum atomic E-state index is 3.87. The van der Waals surface area contributed by atoms with Gasteiger partial charge in [0.05, 0.1) is 0 Å². The number of hydrogen-bond donors (Lipinski definition) is 0. The van der Waals surface area contributed by atoms with Gasteiger partial charge in [0.15, 0.2) is 0 Å². The van der Waals surface area contributed by atoms with Gasteiger partial charge >= 0.3 is 0 Å². The zero-order valence-electron chi connectivity index (χ0n) is 7.81. The van der Waals surface area contributed by atoms with Crippen LogP contribution < -0.4 is 0 Å². The highest BCUT2D eigenvalue weighted by Gasteiger charge is 2.25. The number of rotatable bonds is 2. The summed E-state index contributed by atoms with van der Waals surface area (Å²) in [6.45, 7) is 10.7. The summed E-state index contributed by atoms with van der Waals surface area (Å²) >= 11 is 0. The summed E-state index contributed by atoms with van der Waals surface area (Å²) in [5, 5.41) is 0.436. The van der Waals surface area contributed by atoms with E-state index in [1.807, 2.05) is 0 Å². The van der Waals surface area contributed by atoms with Crippen molar-refractivity contribution < 1.29 is 0 Å². The van der Waals surface area contributed by atoms with E-state index in [9.17, 15) is 0 Å². The second kappa shape index (κ2) is 3.35. The van der Waals surface area contributed by atoms with Crippen molar-refractivity contribution in [2.45, 2.75) is 25.8 Å². The molecule has 2 heteroatoms. The van der Waals surface area contributed by atoms with Crippen molar-refractivity contribution in [1.82, 2.24) is 4.57 Å². The van der Waals surface area contributed by atoms with E-state index in [2.05, 4.69) is 51.7 Å². The second-order valence-corrected chi connectivity index (χ2v) is 8.14. The van der Waals surface area contributed by atoms with Crippen molar-refractivity contribution in [2.24, 2.45) is 0 Å². The lowest BCUT2D eigenvalue weighted by atomic mass is 10.2. The Morgan fingerprint density at radius 1 is 1.30 bits per heavy atom. The summed E-state index contributed by atoms with van der Waals surface area (Å²) in [6.07, 6.45) is 0. The van der Waals surface area contributed by atoms with E-state index in [1.165, 1.54) is 0 Å². The molecule has 0 amide bonds. The van der Waals surface area contributed by atoms with E-state index >= 15 is 0 Å². The first-order chi connectivity index (χ1) is 4.39. The van der Waals surface area contributed by atoms with Gasteiger partial charge in [-0.05, 0) is 19.1 Å². The van der Waals surface area contributed by atoms with Gasteiger partial charge in [-0.15, -0.1) is 6.58 Å². The Morgan fingerprint density at radius 2 is 1.70 bits per heavy atom. The van der Waals surface area contributed by atoms with E-state index in [-0.39, 0.29) is 0 Å². The van der Waals surface area contributed by atoms with Gasteiger partial charge < -0.3 is 4.57 Å². The van der Waals surface area contributed by atoms with Crippen LogP contribution in [0, 0.1) is 0 Å². The molecule has 1 nitrogen and oxygen atoms in total. The number of hydrogen-bond acceptors (Lipinski definition) is 1. The molecule has 60 valence electrons. The van der Waals surface area contributed by atoms with Crippen molar-refractivity contribution in [1.29, 1.82) is 0 Å².